The fourth-order valence-corrected chi connectivity index (χ4v) is 2.04. The summed E-state index contributed by atoms with van der Waals surface area (Å²) >= 11 is 6.12. The Morgan fingerprint density at radius 2 is 2.05 bits per heavy atom. The van der Waals surface area contributed by atoms with Crippen LogP contribution in [0.5, 0.6) is 0 Å². The molecule has 0 aliphatic heterocycles. The molecule has 0 saturated heterocycles. The molecule has 0 atom stereocenters. The molecule has 2 aromatic rings. The molecule has 0 aliphatic carbocycles. The highest BCUT2D eigenvalue weighted by Gasteiger charge is 2.02. The zero-order valence-electron chi connectivity index (χ0n) is 10.7. The average Bonchev–Trinajstić information content (AvgIpc) is 2.42. The normalized spacial score (nSPS) is 10.2. The number of hydrogen-bond acceptors (Lipinski definition) is 3. The number of rotatable bonds is 4. The van der Waals surface area contributed by atoms with Gasteiger partial charge in [0.15, 0.2) is 0 Å². The lowest BCUT2D eigenvalue weighted by Crippen LogP contribution is -2.13. The summed E-state index contributed by atoms with van der Waals surface area (Å²) in [6.45, 7) is 3.48. The zero-order valence-corrected chi connectivity index (χ0v) is 11.4. The molecule has 0 fully saturated rings. The van der Waals surface area contributed by atoms with Crippen molar-refractivity contribution in [3.8, 4) is 6.07 Å². The van der Waals surface area contributed by atoms with Gasteiger partial charge in [0.2, 0.25) is 0 Å². The summed E-state index contributed by atoms with van der Waals surface area (Å²) < 4.78 is 0. The molecule has 0 bridgehead atoms. The second kappa shape index (κ2) is 6.33. The molecule has 96 valence electrons. The summed E-state index contributed by atoms with van der Waals surface area (Å²) in [5, 5.41) is 12.7. The Labute approximate surface area is 117 Å². The van der Waals surface area contributed by atoms with Gasteiger partial charge in [-0.1, -0.05) is 17.7 Å². The summed E-state index contributed by atoms with van der Waals surface area (Å²) in [5.74, 6) is 0. The molecular weight excluding hydrogens is 258 g/mol. The molecule has 1 N–H and O–H groups in total. The van der Waals surface area contributed by atoms with Crippen LogP contribution in [0.4, 0.5) is 0 Å². The van der Waals surface area contributed by atoms with Gasteiger partial charge in [0.25, 0.3) is 0 Å². The molecule has 0 radical (unpaired) electrons. The Hall–Kier alpha value is -1.89. The number of aryl methyl sites for hydroxylation is 1. The lowest BCUT2D eigenvalue weighted by molar-refractivity contribution is 0.690. The fourth-order valence-electron chi connectivity index (χ4n) is 1.79. The monoisotopic (exact) mass is 271 g/mol. The van der Waals surface area contributed by atoms with E-state index < -0.39 is 0 Å². The lowest BCUT2D eigenvalue weighted by atomic mass is 10.1. The van der Waals surface area contributed by atoms with Gasteiger partial charge in [0.05, 0.1) is 11.6 Å². The molecule has 1 aromatic heterocycles. The quantitative estimate of drug-likeness (QED) is 0.929. The first kappa shape index (κ1) is 13.5. The predicted molar refractivity (Wildman–Crippen MR) is 75.7 cm³/mol. The Morgan fingerprint density at radius 3 is 2.74 bits per heavy atom. The van der Waals surface area contributed by atoms with E-state index in [9.17, 15) is 0 Å². The highest BCUT2D eigenvalue weighted by molar-refractivity contribution is 6.31. The van der Waals surface area contributed by atoms with Crippen molar-refractivity contribution in [3.63, 3.8) is 0 Å². The molecule has 1 aromatic carbocycles. The van der Waals surface area contributed by atoms with Gasteiger partial charge in [0.1, 0.15) is 0 Å². The highest BCUT2D eigenvalue weighted by atomic mass is 35.5. The SMILES string of the molecule is Cc1cnccc1CNCc1ccc(C#N)cc1Cl. The van der Waals surface area contributed by atoms with Crippen molar-refractivity contribution >= 4 is 11.6 Å². The fraction of sp³-hybridized carbons (Fsp3) is 0.200. The van der Waals surface area contributed by atoms with Crippen molar-refractivity contribution in [3.05, 3.63) is 63.9 Å². The van der Waals surface area contributed by atoms with Gasteiger partial charge in [-0.2, -0.15) is 5.26 Å². The minimum atomic E-state index is 0.582. The summed E-state index contributed by atoms with van der Waals surface area (Å²) in [6, 6.07) is 9.43. The number of aromatic nitrogens is 1. The van der Waals surface area contributed by atoms with Crippen LogP contribution >= 0.6 is 11.6 Å². The van der Waals surface area contributed by atoms with E-state index in [0.717, 1.165) is 12.1 Å². The van der Waals surface area contributed by atoms with E-state index in [1.807, 2.05) is 25.3 Å². The third kappa shape index (κ3) is 3.54. The van der Waals surface area contributed by atoms with Crippen LogP contribution in [0, 0.1) is 18.3 Å². The summed E-state index contributed by atoms with van der Waals surface area (Å²) in [7, 11) is 0. The Balaban J connectivity index is 1.97. The molecule has 0 spiro atoms. The van der Waals surface area contributed by atoms with Gasteiger partial charge in [-0.3, -0.25) is 4.98 Å². The van der Waals surface area contributed by atoms with Crippen molar-refractivity contribution in [1.29, 1.82) is 5.26 Å². The molecule has 19 heavy (non-hydrogen) atoms. The van der Waals surface area contributed by atoms with Gasteiger partial charge < -0.3 is 5.32 Å². The number of benzene rings is 1. The largest absolute Gasteiger partial charge is 0.309 e. The highest BCUT2D eigenvalue weighted by Crippen LogP contribution is 2.17. The van der Waals surface area contributed by atoms with Crippen molar-refractivity contribution in [1.82, 2.24) is 10.3 Å². The lowest BCUT2D eigenvalue weighted by Gasteiger charge is -2.08. The molecule has 2 rings (SSSR count). The smallest absolute Gasteiger partial charge is 0.0992 e. The van der Waals surface area contributed by atoms with Crippen molar-refractivity contribution in [2.45, 2.75) is 20.0 Å². The Morgan fingerprint density at radius 1 is 1.26 bits per heavy atom. The maximum atomic E-state index is 8.78. The molecular formula is C15H14ClN3. The third-order valence-corrected chi connectivity index (χ3v) is 3.30. The van der Waals surface area contributed by atoms with Crippen LogP contribution in [0.1, 0.15) is 22.3 Å². The second-order valence-corrected chi connectivity index (χ2v) is 4.73. The van der Waals surface area contributed by atoms with Gasteiger partial charge in [-0.05, 0) is 41.8 Å². The zero-order chi connectivity index (χ0) is 13.7. The first-order valence-corrected chi connectivity index (χ1v) is 6.37. The van der Waals surface area contributed by atoms with E-state index >= 15 is 0 Å². The number of nitrogens with zero attached hydrogens (tertiary/aromatic N) is 2. The molecule has 4 heteroatoms. The van der Waals surface area contributed by atoms with Crippen LogP contribution in [0.25, 0.3) is 0 Å². The molecule has 0 amide bonds. The summed E-state index contributed by atoms with van der Waals surface area (Å²) in [4.78, 5) is 4.06. The Kier molecular flexibility index (Phi) is 4.51. The van der Waals surface area contributed by atoms with Gasteiger partial charge in [-0.25, -0.2) is 0 Å². The number of nitrogens with one attached hydrogen (secondary N) is 1. The molecule has 0 unspecified atom stereocenters. The van der Waals surface area contributed by atoms with Gasteiger partial charge in [0, 0.05) is 30.5 Å². The topological polar surface area (TPSA) is 48.7 Å². The number of halogens is 1. The van der Waals surface area contributed by atoms with E-state index in [2.05, 4.69) is 16.4 Å². The number of nitriles is 1. The maximum absolute atomic E-state index is 8.78. The van der Waals surface area contributed by atoms with Crippen LogP contribution in [-0.4, -0.2) is 4.98 Å². The first-order chi connectivity index (χ1) is 9.20. The number of pyridine rings is 1. The number of hydrogen-bond donors (Lipinski definition) is 1. The average molecular weight is 272 g/mol. The van der Waals surface area contributed by atoms with E-state index in [0.29, 0.717) is 17.1 Å². The standard InChI is InChI=1S/C15H14ClN3/c1-11-8-18-5-4-13(11)9-19-10-14-3-2-12(7-17)6-15(14)16/h2-6,8,19H,9-10H2,1H3. The van der Waals surface area contributed by atoms with Crippen LogP contribution in [0.15, 0.2) is 36.7 Å². The van der Waals surface area contributed by atoms with Crippen molar-refractivity contribution in [2.24, 2.45) is 0 Å². The molecule has 1 heterocycles. The van der Waals surface area contributed by atoms with Crippen molar-refractivity contribution < 1.29 is 0 Å². The minimum absolute atomic E-state index is 0.582. The van der Waals surface area contributed by atoms with Gasteiger partial charge >= 0.3 is 0 Å². The Bertz CT molecular complexity index is 617. The maximum Gasteiger partial charge on any atom is 0.0992 e. The van der Waals surface area contributed by atoms with Gasteiger partial charge in [-0.15, -0.1) is 0 Å². The van der Waals surface area contributed by atoms with Crippen molar-refractivity contribution in [2.75, 3.05) is 0 Å². The van der Waals surface area contributed by atoms with E-state index in [1.165, 1.54) is 11.1 Å². The third-order valence-electron chi connectivity index (χ3n) is 2.95. The van der Waals surface area contributed by atoms with Crippen LogP contribution in [0.2, 0.25) is 5.02 Å². The second-order valence-electron chi connectivity index (χ2n) is 4.32. The summed E-state index contributed by atoms with van der Waals surface area (Å²) in [6.07, 6.45) is 3.64. The van der Waals surface area contributed by atoms with E-state index in [4.69, 9.17) is 16.9 Å². The molecule has 3 nitrogen and oxygen atoms in total. The van der Waals surface area contributed by atoms with E-state index in [1.54, 1.807) is 18.3 Å². The van der Waals surface area contributed by atoms with E-state index in [-0.39, 0.29) is 0 Å². The van der Waals surface area contributed by atoms with Crippen LogP contribution < -0.4 is 5.32 Å². The summed E-state index contributed by atoms with van der Waals surface area (Å²) in [5.41, 5.74) is 3.96. The molecule has 0 saturated carbocycles. The van der Waals surface area contributed by atoms with Crippen LogP contribution in [-0.2, 0) is 13.1 Å². The molecule has 0 aliphatic rings. The van der Waals surface area contributed by atoms with Crippen LogP contribution in [0.3, 0.4) is 0 Å². The first-order valence-electron chi connectivity index (χ1n) is 5.99. The predicted octanol–water partition coefficient (Wildman–Crippen LogP) is 3.20. The minimum Gasteiger partial charge on any atom is -0.309 e.